The molecule has 1 aromatic rings. The number of nitrogens with one attached hydrogen (secondary N) is 1. The van der Waals surface area contributed by atoms with Gasteiger partial charge in [-0.1, -0.05) is 0 Å². The summed E-state index contributed by atoms with van der Waals surface area (Å²) in [6, 6.07) is -0.0221. The summed E-state index contributed by atoms with van der Waals surface area (Å²) in [5, 5.41) is 11.6. The zero-order valence-electron chi connectivity index (χ0n) is 6.66. The molecule has 1 unspecified atom stereocenters. The van der Waals surface area contributed by atoms with Crippen molar-refractivity contribution in [1.29, 1.82) is 0 Å². The van der Waals surface area contributed by atoms with Crippen LogP contribution in [-0.2, 0) is 0 Å². The Morgan fingerprint density at radius 2 is 2.17 bits per heavy atom. The third-order valence-electron chi connectivity index (χ3n) is 1.27. The molecule has 0 fully saturated rings. The first-order valence-electron chi connectivity index (χ1n) is 3.57. The van der Waals surface area contributed by atoms with Crippen LogP contribution in [0.2, 0.25) is 0 Å². The first kappa shape index (κ1) is 9.41. The smallest absolute Gasteiger partial charge is 0.222 e. The van der Waals surface area contributed by atoms with Crippen LogP contribution >= 0.6 is 15.9 Å². The van der Waals surface area contributed by atoms with E-state index >= 15 is 0 Å². The van der Waals surface area contributed by atoms with Gasteiger partial charge in [-0.25, -0.2) is 9.97 Å². The molecule has 0 saturated heterocycles. The maximum absolute atomic E-state index is 8.72. The Kier molecular flexibility index (Phi) is 3.43. The van der Waals surface area contributed by atoms with Gasteiger partial charge in [0.15, 0.2) is 0 Å². The van der Waals surface area contributed by atoms with Gasteiger partial charge < -0.3 is 10.4 Å². The minimum Gasteiger partial charge on any atom is -0.394 e. The summed E-state index contributed by atoms with van der Waals surface area (Å²) in [6.07, 6.45) is 3.30. The number of hydrogen-bond donors (Lipinski definition) is 2. The molecule has 4 nitrogen and oxygen atoms in total. The van der Waals surface area contributed by atoms with E-state index < -0.39 is 0 Å². The van der Waals surface area contributed by atoms with Crippen molar-refractivity contribution in [3.8, 4) is 0 Å². The van der Waals surface area contributed by atoms with Crippen molar-refractivity contribution >= 4 is 21.9 Å². The molecule has 12 heavy (non-hydrogen) atoms. The van der Waals surface area contributed by atoms with Crippen LogP contribution in [0.15, 0.2) is 16.9 Å². The van der Waals surface area contributed by atoms with Gasteiger partial charge in [0.05, 0.1) is 11.1 Å². The van der Waals surface area contributed by atoms with Crippen molar-refractivity contribution in [2.75, 3.05) is 11.9 Å². The zero-order valence-corrected chi connectivity index (χ0v) is 8.24. The van der Waals surface area contributed by atoms with Gasteiger partial charge in [0.1, 0.15) is 0 Å². The highest BCUT2D eigenvalue weighted by Crippen LogP contribution is 2.07. The van der Waals surface area contributed by atoms with Crippen molar-refractivity contribution in [3.05, 3.63) is 16.9 Å². The van der Waals surface area contributed by atoms with Crippen LogP contribution in [-0.4, -0.2) is 27.7 Å². The summed E-state index contributed by atoms with van der Waals surface area (Å²) < 4.78 is 0.838. The number of aliphatic hydroxyl groups excluding tert-OH is 1. The van der Waals surface area contributed by atoms with Gasteiger partial charge in [-0.3, -0.25) is 0 Å². The van der Waals surface area contributed by atoms with E-state index in [1.54, 1.807) is 12.4 Å². The van der Waals surface area contributed by atoms with Crippen LogP contribution in [0.3, 0.4) is 0 Å². The Morgan fingerprint density at radius 3 is 2.67 bits per heavy atom. The van der Waals surface area contributed by atoms with Crippen LogP contribution in [0.5, 0.6) is 0 Å². The fourth-order valence-corrected chi connectivity index (χ4v) is 0.858. The van der Waals surface area contributed by atoms with Gasteiger partial charge in [-0.05, 0) is 22.9 Å². The van der Waals surface area contributed by atoms with Crippen molar-refractivity contribution < 1.29 is 5.11 Å². The van der Waals surface area contributed by atoms with Gasteiger partial charge in [-0.15, -0.1) is 0 Å². The fraction of sp³-hybridized carbons (Fsp3) is 0.429. The highest BCUT2D eigenvalue weighted by Gasteiger charge is 2.00. The SMILES string of the molecule is CC(CO)Nc1ncc(Br)cn1. The highest BCUT2D eigenvalue weighted by atomic mass is 79.9. The van der Waals surface area contributed by atoms with E-state index in [1.807, 2.05) is 6.92 Å². The lowest BCUT2D eigenvalue weighted by molar-refractivity contribution is 0.281. The van der Waals surface area contributed by atoms with Gasteiger partial charge in [0.25, 0.3) is 0 Å². The van der Waals surface area contributed by atoms with E-state index in [9.17, 15) is 0 Å². The summed E-state index contributed by atoms with van der Waals surface area (Å²) in [5.41, 5.74) is 0. The van der Waals surface area contributed by atoms with Crippen molar-refractivity contribution in [2.45, 2.75) is 13.0 Å². The molecule has 1 atom stereocenters. The first-order valence-corrected chi connectivity index (χ1v) is 4.36. The second-order valence-corrected chi connectivity index (χ2v) is 3.37. The number of anilines is 1. The highest BCUT2D eigenvalue weighted by molar-refractivity contribution is 9.10. The van der Waals surface area contributed by atoms with E-state index in [-0.39, 0.29) is 12.6 Å². The average molecular weight is 232 g/mol. The summed E-state index contributed by atoms with van der Waals surface area (Å²) in [4.78, 5) is 7.97. The molecule has 0 aliphatic rings. The number of aliphatic hydroxyl groups is 1. The molecule has 1 aromatic heterocycles. The first-order chi connectivity index (χ1) is 5.72. The van der Waals surface area contributed by atoms with E-state index in [2.05, 4.69) is 31.2 Å². The predicted octanol–water partition coefficient (Wildman–Crippen LogP) is 1.03. The lowest BCUT2D eigenvalue weighted by Gasteiger charge is -2.09. The number of rotatable bonds is 3. The maximum atomic E-state index is 8.72. The number of halogens is 1. The summed E-state index contributed by atoms with van der Waals surface area (Å²) in [5.74, 6) is 0.528. The Hall–Kier alpha value is -0.680. The van der Waals surface area contributed by atoms with E-state index in [0.717, 1.165) is 4.47 Å². The largest absolute Gasteiger partial charge is 0.394 e. The molecule has 1 rings (SSSR count). The molecule has 0 bridgehead atoms. The Bertz CT molecular complexity index is 239. The molecular formula is C7H10BrN3O. The monoisotopic (exact) mass is 231 g/mol. The minimum absolute atomic E-state index is 0.0221. The second kappa shape index (κ2) is 4.37. The number of nitrogens with zero attached hydrogens (tertiary/aromatic N) is 2. The van der Waals surface area contributed by atoms with Crippen molar-refractivity contribution in [2.24, 2.45) is 0 Å². The third kappa shape index (κ3) is 2.75. The average Bonchev–Trinajstić information content (AvgIpc) is 2.09. The van der Waals surface area contributed by atoms with Crippen LogP contribution in [0.1, 0.15) is 6.92 Å². The van der Waals surface area contributed by atoms with E-state index in [1.165, 1.54) is 0 Å². The lowest BCUT2D eigenvalue weighted by atomic mass is 10.4. The fourth-order valence-electron chi connectivity index (χ4n) is 0.653. The second-order valence-electron chi connectivity index (χ2n) is 2.45. The molecule has 5 heteroatoms. The lowest BCUT2D eigenvalue weighted by Crippen LogP contribution is -2.20. The van der Waals surface area contributed by atoms with Crippen molar-refractivity contribution in [1.82, 2.24) is 9.97 Å². The molecule has 0 aromatic carbocycles. The van der Waals surface area contributed by atoms with Crippen LogP contribution in [0, 0.1) is 0 Å². The van der Waals surface area contributed by atoms with Crippen LogP contribution in [0.4, 0.5) is 5.95 Å². The van der Waals surface area contributed by atoms with E-state index in [4.69, 9.17) is 5.11 Å². The Morgan fingerprint density at radius 1 is 1.58 bits per heavy atom. The molecule has 2 N–H and O–H groups in total. The molecule has 0 radical (unpaired) electrons. The van der Waals surface area contributed by atoms with Gasteiger partial charge in [0.2, 0.25) is 5.95 Å². The molecule has 1 heterocycles. The normalized spacial score (nSPS) is 12.6. The molecule has 0 aliphatic carbocycles. The molecule has 0 aliphatic heterocycles. The number of hydrogen-bond acceptors (Lipinski definition) is 4. The molecule has 66 valence electrons. The molecule has 0 saturated carbocycles. The summed E-state index contributed by atoms with van der Waals surface area (Å²) in [6.45, 7) is 1.92. The van der Waals surface area contributed by atoms with Crippen LogP contribution < -0.4 is 5.32 Å². The van der Waals surface area contributed by atoms with Gasteiger partial charge in [-0.2, -0.15) is 0 Å². The van der Waals surface area contributed by atoms with Gasteiger partial charge in [0, 0.05) is 18.4 Å². The Balaban J connectivity index is 2.58. The van der Waals surface area contributed by atoms with Gasteiger partial charge >= 0.3 is 0 Å². The minimum atomic E-state index is -0.0221. The summed E-state index contributed by atoms with van der Waals surface area (Å²) >= 11 is 3.23. The molecular weight excluding hydrogens is 222 g/mol. The third-order valence-corrected chi connectivity index (χ3v) is 1.68. The van der Waals surface area contributed by atoms with Crippen molar-refractivity contribution in [3.63, 3.8) is 0 Å². The van der Waals surface area contributed by atoms with Crippen LogP contribution in [0.25, 0.3) is 0 Å². The predicted molar refractivity (Wildman–Crippen MR) is 49.9 cm³/mol. The zero-order chi connectivity index (χ0) is 8.97. The van der Waals surface area contributed by atoms with E-state index in [0.29, 0.717) is 5.95 Å². The molecule has 0 spiro atoms. The topological polar surface area (TPSA) is 58.0 Å². The Labute approximate surface area is 79.2 Å². The standard InChI is InChI=1S/C7H10BrN3O/c1-5(4-12)11-7-9-2-6(8)3-10-7/h2-3,5,12H,4H2,1H3,(H,9,10,11). The summed E-state index contributed by atoms with van der Waals surface area (Å²) in [7, 11) is 0. The maximum Gasteiger partial charge on any atom is 0.222 e. The quantitative estimate of drug-likeness (QED) is 0.817. The molecule has 0 amide bonds. The number of aromatic nitrogens is 2.